The molecule has 0 amide bonds. The number of hydrogen-bond acceptors (Lipinski definition) is 3. The first kappa shape index (κ1) is 16.1. The Morgan fingerprint density at radius 1 is 1.30 bits per heavy atom. The van der Waals surface area contributed by atoms with Gasteiger partial charge in [0.05, 0.1) is 0 Å². The van der Waals surface area contributed by atoms with Crippen LogP contribution in [0, 0.1) is 0 Å². The molecule has 2 rings (SSSR count). The molecule has 1 saturated heterocycles. The van der Waals surface area contributed by atoms with Gasteiger partial charge in [0, 0.05) is 28.7 Å². The van der Waals surface area contributed by atoms with E-state index in [1.165, 1.54) is 0 Å². The van der Waals surface area contributed by atoms with Gasteiger partial charge in [-0.25, -0.2) is 5.01 Å². The van der Waals surface area contributed by atoms with Crippen LogP contribution in [0.1, 0.15) is 24.8 Å². The first-order valence-corrected chi connectivity index (χ1v) is 7.80. The third-order valence-electron chi connectivity index (χ3n) is 4.44. The van der Waals surface area contributed by atoms with E-state index in [1.54, 1.807) is 0 Å². The Morgan fingerprint density at radius 3 is 2.50 bits per heavy atom. The van der Waals surface area contributed by atoms with E-state index < -0.39 is 0 Å². The first-order chi connectivity index (χ1) is 9.44. The summed E-state index contributed by atoms with van der Waals surface area (Å²) >= 11 is 12.5. The molecule has 0 radical (unpaired) electrons. The van der Waals surface area contributed by atoms with Gasteiger partial charge in [-0.05, 0) is 57.5 Å². The van der Waals surface area contributed by atoms with Crippen LogP contribution in [0.4, 0.5) is 0 Å². The molecule has 3 nitrogen and oxygen atoms in total. The van der Waals surface area contributed by atoms with E-state index in [4.69, 9.17) is 29.0 Å². The van der Waals surface area contributed by atoms with E-state index in [2.05, 4.69) is 19.0 Å². The van der Waals surface area contributed by atoms with Crippen molar-refractivity contribution in [2.75, 3.05) is 27.2 Å². The summed E-state index contributed by atoms with van der Waals surface area (Å²) in [6.07, 6.45) is 4.18. The zero-order chi connectivity index (χ0) is 14.8. The Morgan fingerprint density at radius 2 is 1.95 bits per heavy atom. The van der Waals surface area contributed by atoms with Gasteiger partial charge >= 0.3 is 0 Å². The van der Waals surface area contributed by atoms with Crippen LogP contribution in [0.2, 0.25) is 10.0 Å². The van der Waals surface area contributed by atoms with Crippen molar-refractivity contribution in [2.45, 2.75) is 31.2 Å². The lowest BCUT2D eigenvalue weighted by molar-refractivity contribution is 0.0372. The van der Waals surface area contributed by atoms with E-state index in [1.807, 2.05) is 23.2 Å². The normalized spacial score (nSPS) is 24.3. The predicted molar refractivity (Wildman–Crippen MR) is 86.2 cm³/mol. The van der Waals surface area contributed by atoms with Gasteiger partial charge in [-0.1, -0.05) is 29.3 Å². The highest BCUT2D eigenvalue weighted by Gasteiger charge is 2.36. The van der Waals surface area contributed by atoms with Crippen molar-refractivity contribution >= 4 is 23.2 Å². The zero-order valence-corrected chi connectivity index (χ0v) is 13.7. The van der Waals surface area contributed by atoms with Crippen molar-refractivity contribution in [1.82, 2.24) is 9.91 Å². The summed E-state index contributed by atoms with van der Waals surface area (Å²) in [5, 5.41) is 3.44. The van der Waals surface area contributed by atoms with E-state index in [9.17, 15) is 0 Å². The molecule has 1 fully saturated rings. The molecule has 2 N–H and O–H groups in total. The third-order valence-corrected chi connectivity index (χ3v) is 5.14. The molecule has 112 valence electrons. The van der Waals surface area contributed by atoms with Crippen LogP contribution in [-0.4, -0.2) is 42.6 Å². The Labute approximate surface area is 131 Å². The van der Waals surface area contributed by atoms with Crippen molar-refractivity contribution in [2.24, 2.45) is 5.84 Å². The van der Waals surface area contributed by atoms with E-state index in [-0.39, 0.29) is 5.54 Å². The van der Waals surface area contributed by atoms with Crippen molar-refractivity contribution in [1.29, 1.82) is 0 Å². The molecule has 1 aromatic rings. The second-order valence-electron chi connectivity index (χ2n) is 5.89. The maximum atomic E-state index is 6.27. The molecule has 0 aromatic heterocycles. The second kappa shape index (κ2) is 6.63. The van der Waals surface area contributed by atoms with Crippen LogP contribution < -0.4 is 5.84 Å². The van der Waals surface area contributed by atoms with Gasteiger partial charge in [0.2, 0.25) is 0 Å². The second-order valence-corrected chi connectivity index (χ2v) is 6.71. The lowest BCUT2D eigenvalue weighted by atomic mass is 9.83. The monoisotopic (exact) mass is 315 g/mol. The summed E-state index contributed by atoms with van der Waals surface area (Å²) in [6, 6.07) is 5.69. The lowest BCUT2D eigenvalue weighted by Crippen LogP contribution is -2.58. The molecular weight excluding hydrogens is 293 g/mol. The number of rotatable bonds is 4. The Kier molecular flexibility index (Phi) is 5.32. The van der Waals surface area contributed by atoms with Gasteiger partial charge in [0.25, 0.3) is 0 Å². The van der Waals surface area contributed by atoms with E-state index in [0.717, 1.165) is 54.4 Å². The van der Waals surface area contributed by atoms with Crippen LogP contribution in [0.15, 0.2) is 18.2 Å². The maximum Gasteiger partial charge on any atom is 0.0452 e. The quantitative estimate of drug-likeness (QED) is 0.866. The van der Waals surface area contributed by atoms with Gasteiger partial charge in [0.1, 0.15) is 0 Å². The average Bonchev–Trinajstić information content (AvgIpc) is 2.38. The van der Waals surface area contributed by atoms with Crippen molar-refractivity contribution < 1.29 is 0 Å². The van der Waals surface area contributed by atoms with Gasteiger partial charge < -0.3 is 4.90 Å². The van der Waals surface area contributed by atoms with Gasteiger partial charge in [-0.2, -0.15) is 0 Å². The molecule has 1 aromatic carbocycles. The minimum atomic E-state index is 0.107. The molecular formula is C15H23Cl2N3. The van der Waals surface area contributed by atoms with Crippen LogP contribution in [0.25, 0.3) is 0 Å². The summed E-state index contributed by atoms with van der Waals surface area (Å²) in [7, 11) is 4.26. The van der Waals surface area contributed by atoms with Crippen molar-refractivity contribution in [3.63, 3.8) is 0 Å². The molecule has 0 unspecified atom stereocenters. The number of hydrazine groups is 1. The molecule has 5 heteroatoms. The summed E-state index contributed by atoms with van der Waals surface area (Å²) in [5.41, 5.74) is 1.15. The molecule has 1 atom stereocenters. The number of piperidine rings is 1. The third kappa shape index (κ3) is 3.46. The smallest absolute Gasteiger partial charge is 0.0452 e. The molecule has 1 aliphatic heterocycles. The average molecular weight is 316 g/mol. The topological polar surface area (TPSA) is 32.5 Å². The number of likely N-dealkylation sites (N-methyl/N-ethyl adjacent to an activating group) is 1. The molecule has 1 heterocycles. The minimum absolute atomic E-state index is 0.107. The van der Waals surface area contributed by atoms with E-state index in [0.29, 0.717) is 0 Å². The summed E-state index contributed by atoms with van der Waals surface area (Å²) in [4.78, 5) is 2.30. The first-order valence-electron chi connectivity index (χ1n) is 7.04. The highest BCUT2D eigenvalue weighted by atomic mass is 35.5. The Bertz CT molecular complexity index is 444. The van der Waals surface area contributed by atoms with Gasteiger partial charge in [-0.15, -0.1) is 0 Å². The minimum Gasteiger partial charge on any atom is -0.302 e. The van der Waals surface area contributed by atoms with Crippen LogP contribution >= 0.6 is 23.2 Å². The fourth-order valence-electron chi connectivity index (χ4n) is 3.07. The van der Waals surface area contributed by atoms with Crippen molar-refractivity contribution in [3.8, 4) is 0 Å². The number of halogens is 2. The Hall–Kier alpha value is -0.320. The molecule has 0 aliphatic carbocycles. The predicted octanol–water partition coefficient (Wildman–Crippen LogP) is 3.20. The van der Waals surface area contributed by atoms with Crippen molar-refractivity contribution in [3.05, 3.63) is 33.8 Å². The number of nitrogens with zero attached hydrogens (tertiary/aromatic N) is 2. The molecule has 0 bridgehead atoms. The molecule has 1 aliphatic rings. The maximum absolute atomic E-state index is 6.27. The van der Waals surface area contributed by atoms with Crippen LogP contribution in [0.3, 0.4) is 0 Å². The number of hydrogen-bond donors (Lipinski definition) is 1. The molecule has 0 spiro atoms. The number of nitrogens with two attached hydrogens (primary N) is 1. The van der Waals surface area contributed by atoms with Gasteiger partial charge in [0.15, 0.2) is 0 Å². The fraction of sp³-hybridized carbons (Fsp3) is 0.600. The summed E-state index contributed by atoms with van der Waals surface area (Å²) < 4.78 is 0. The summed E-state index contributed by atoms with van der Waals surface area (Å²) in [5.74, 6) is 6.03. The standard InChI is InChI=1S/C15H23Cl2N3/c1-19(2)15(8-4-10-20(18)11-15)9-7-12-13(16)5-3-6-14(12)17/h3,5-6H,4,7-11,18H2,1-2H3/t15-/m0/s1. The fourth-order valence-corrected chi connectivity index (χ4v) is 3.66. The number of benzene rings is 1. The Balaban J connectivity index is 2.14. The zero-order valence-electron chi connectivity index (χ0n) is 12.2. The lowest BCUT2D eigenvalue weighted by Gasteiger charge is -2.46. The van der Waals surface area contributed by atoms with E-state index >= 15 is 0 Å². The largest absolute Gasteiger partial charge is 0.302 e. The molecule has 0 saturated carbocycles. The summed E-state index contributed by atoms with van der Waals surface area (Å²) in [6.45, 7) is 1.87. The van der Waals surface area contributed by atoms with Crippen LogP contribution in [0.5, 0.6) is 0 Å². The highest BCUT2D eigenvalue weighted by Crippen LogP contribution is 2.33. The van der Waals surface area contributed by atoms with Crippen LogP contribution in [-0.2, 0) is 6.42 Å². The SMILES string of the molecule is CN(C)[C@]1(CCc2c(Cl)cccc2Cl)CCCN(N)C1. The molecule has 20 heavy (non-hydrogen) atoms. The van der Waals surface area contributed by atoms with Gasteiger partial charge in [-0.3, -0.25) is 5.84 Å². The highest BCUT2D eigenvalue weighted by molar-refractivity contribution is 6.35.